The van der Waals surface area contributed by atoms with Crippen LogP contribution in [0, 0.1) is 11.3 Å². The van der Waals surface area contributed by atoms with Gasteiger partial charge >= 0.3 is 0 Å². The van der Waals surface area contributed by atoms with E-state index in [4.69, 9.17) is 4.74 Å². The van der Waals surface area contributed by atoms with Gasteiger partial charge in [0.25, 0.3) is 10.0 Å². The molecular weight excluding hydrogens is 452 g/mol. The van der Waals surface area contributed by atoms with Crippen LogP contribution < -0.4 is 4.72 Å². The first-order chi connectivity index (χ1) is 15.3. The maximum atomic E-state index is 13.3. The SMILES string of the molecule is N#Cc1cccc2c1c(S(=O)(=O)NCCN1CCOCC1)cn2S(=O)(=O)c1ccccc1. The van der Waals surface area contributed by atoms with E-state index in [2.05, 4.69) is 9.62 Å². The van der Waals surface area contributed by atoms with E-state index in [0.29, 0.717) is 19.8 Å². The molecule has 1 aromatic heterocycles. The Balaban J connectivity index is 1.75. The molecule has 168 valence electrons. The van der Waals surface area contributed by atoms with Crippen molar-refractivity contribution in [2.45, 2.75) is 9.79 Å². The second-order valence-electron chi connectivity index (χ2n) is 7.27. The van der Waals surface area contributed by atoms with E-state index in [-0.39, 0.29) is 32.8 Å². The number of nitrogens with zero attached hydrogens (tertiary/aromatic N) is 3. The summed E-state index contributed by atoms with van der Waals surface area (Å²) in [7, 11) is -8.16. The summed E-state index contributed by atoms with van der Waals surface area (Å²) < 4.78 is 61.6. The Labute approximate surface area is 186 Å². The third-order valence-electron chi connectivity index (χ3n) is 5.29. The average Bonchev–Trinajstić information content (AvgIpc) is 3.22. The minimum Gasteiger partial charge on any atom is -0.379 e. The molecule has 0 spiro atoms. The second-order valence-corrected chi connectivity index (χ2v) is 10.8. The summed E-state index contributed by atoms with van der Waals surface area (Å²) in [6.07, 6.45) is 1.07. The van der Waals surface area contributed by atoms with Crippen molar-refractivity contribution in [2.75, 3.05) is 39.4 Å². The lowest BCUT2D eigenvalue weighted by atomic mass is 10.1. The molecule has 0 unspecified atom stereocenters. The number of aromatic nitrogens is 1. The van der Waals surface area contributed by atoms with Crippen LogP contribution in [0.4, 0.5) is 0 Å². The van der Waals surface area contributed by atoms with Gasteiger partial charge < -0.3 is 4.74 Å². The Hall–Kier alpha value is -2.75. The van der Waals surface area contributed by atoms with Crippen molar-refractivity contribution in [2.24, 2.45) is 0 Å². The van der Waals surface area contributed by atoms with Gasteiger partial charge in [0.15, 0.2) is 0 Å². The summed E-state index contributed by atoms with van der Waals surface area (Å²) in [5.74, 6) is 0. The number of sulfonamides is 1. The monoisotopic (exact) mass is 474 g/mol. The number of nitriles is 1. The van der Waals surface area contributed by atoms with E-state index in [0.717, 1.165) is 23.3 Å². The fourth-order valence-corrected chi connectivity index (χ4v) is 6.36. The third kappa shape index (κ3) is 4.28. The standard InChI is InChI=1S/C21H22N4O5S2/c22-15-17-5-4-8-19-21(17)20(16-25(19)32(28,29)18-6-2-1-3-7-18)31(26,27)23-9-10-24-11-13-30-14-12-24/h1-8,16,23H,9-14H2. The maximum absolute atomic E-state index is 13.3. The van der Waals surface area contributed by atoms with E-state index < -0.39 is 20.0 Å². The molecule has 2 heterocycles. The van der Waals surface area contributed by atoms with Gasteiger partial charge in [-0.3, -0.25) is 4.90 Å². The zero-order valence-corrected chi connectivity index (χ0v) is 18.8. The van der Waals surface area contributed by atoms with E-state index >= 15 is 0 Å². The Morgan fingerprint density at radius 2 is 1.72 bits per heavy atom. The van der Waals surface area contributed by atoms with Crippen molar-refractivity contribution >= 4 is 30.9 Å². The first kappa shape index (κ1) is 22.4. The van der Waals surface area contributed by atoms with Crippen LogP contribution in [0.1, 0.15) is 5.56 Å². The van der Waals surface area contributed by atoms with Gasteiger partial charge in [0.1, 0.15) is 4.90 Å². The van der Waals surface area contributed by atoms with Crippen molar-refractivity contribution in [1.29, 1.82) is 5.26 Å². The molecule has 0 bridgehead atoms. The van der Waals surface area contributed by atoms with Gasteiger partial charge in [-0.15, -0.1) is 0 Å². The van der Waals surface area contributed by atoms with Gasteiger partial charge in [-0.05, 0) is 24.3 Å². The van der Waals surface area contributed by atoms with E-state index in [1.54, 1.807) is 18.2 Å². The fraction of sp³-hybridized carbons (Fsp3) is 0.286. The molecule has 9 nitrogen and oxygen atoms in total. The zero-order chi connectivity index (χ0) is 22.8. The molecule has 32 heavy (non-hydrogen) atoms. The molecule has 1 N–H and O–H groups in total. The van der Waals surface area contributed by atoms with Gasteiger partial charge in [0.2, 0.25) is 10.0 Å². The fourth-order valence-electron chi connectivity index (χ4n) is 3.67. The topological polar surface area (TPSA) is 121 Å². The minimum absolute atomic E-state index is 0.0171. The summed E-state index contributed by atoms with van der Waals surface area (Å²) >= 11 is 0. The number of rotatable bonds is 7. The van der Waals surface area contributed by atoms with E-state index in [9.17, 15) is 22.1 Å². The number of morpholine rings is 1. The summed E-state index contributed by atoms with van der Waals surface area (Å²) in [6, 6.07) is 14.2. The Bertz CT molecular complexity index is 1370. The van der Waals surface area contributed by atoms with Gasteiger partial charge in [0.05, 0.1) is 35.3 Å². The van der Waals surface area contributed by atoms with Crippen molar-refractivity contribution < 1.29 is 21.6 Å². The first-order valence-electron chi connectivity index (χ1n) is 9.99. The highest BCUT2D eigenvalue weighted by Crippen LogP contribution is 2.31. The highest BCUT2D eigenvalue weighted by atomic mass is 32.2. The molecule has 0 amide bonds. The van der Waals surface area contributed by atoms with Crippen molar-refractivity contribution in [3.8, 4) is 6.07 Å². The van der Waals surface area contributed by atoms with E-state index in [1.165, 1.54) is 30.3 Å². The average molecular weight is 475 g/mol. The van der Waals surface area contributed by atoms with Crippen LogP contribution in [0.15, 0.2) is 64.5 Å². The highest BCUT2D eigenvalue weighted by molar-refractivity contribution is 7.91. The number of hydrogen-bond acceptors (Lipinski definition) is 7. The number of hydrogen-bond donors (Lipinski definition) is 1. The van der Waals surface area contributed by atoms with Crippen molar-refractivity contribution in [3.63, 3.8) is 0 Å². The Morgan fingerprint density at radius 3 is 2.41 bits per heavy atom. The quantitative estimate of drug-likeness (QED) is 0.549. The molecule has 11 heteroatoms. The van der Waals surface area contributed by atoms with Crippen LogP contribution in [-0.2, 0) is 24.8 Å². The normalized spacial score (nSPS) is 15.6. The van der Waals surface area contributed by atoms with Crippen LogP contribution in [0.25, 0.3) is 10.9 Å². The molecule has 4 rings (SSSR count). The highest BCUT2D eigenvalue weighted by Gasteiger charge is 2.28. The molecule has 1 fully saturated rings. The largest absolute Gasteiger partial charge is 0.379 e. The van der Waals surface area contributed by atoms with Gasteiger partial charge in [-0.1, -0.05) is 24.3 Å². The number of benzene rings is 2. The summed E-state index contributed by atoms with van der Waals surface area (Å²) in [5.41, 5.74) is 0.208. The predicted octanol–water partition coefficient (Wildman–Crippen LogP) is 1.36. The molecule has 0 radical (unpaired) electrons. The molecule has 0 atom stereocenters. The van der Waals surface area contributed by atoms with Crippen molar-refractivity contribution in [1.82, 2.24) is 13.6 Å². The third-order valence-corrected chi connectivity index (χ3v) is 8.46. The molecule has 1 aliphatic rings. The lowest BCUT2D eigenvalue weighted by Crippen LogP contribution is -2.41. The van der Waals surface area contributed by atoms with Crippen LogP contribution >= 0.6 is 0 Å². The molecule has 1 saturated heterocycles. The van der Waals surface area contributed by atoms with E-state index in [1.807, 2.05) is 6.07 Å². The van der Waals surface area contributed by atoms with Gasteiger partial charge in [-0.2, -0.15) is 5.26 Å². The van der Waals surface area contributed by atoms with Crippen molar-refractivity contribution in [3.05, 3.63) is 60.3 Å². The molecule has 3 aromatic rings. The number of ether oxygens (including phenoxy) is 1. The smallest absolute Gasteiger partial charge is 0.268 e. The lowest BCUT2D eigenvalue weighted by molar-refractivity contribution is 0.0390. The summed E-state index contributed by atoms with van der Waals surface area (Å²) in [5, 5.41) is 9.64. The van der Waals surface area contributed by atoms with Crippen LogP contribution in [0.2, 0.25) is 0 Å². The van der Waals surface area contributed by atoms with Crippen LogP contribution in [0.3, 0.4) is 0 Å². The maximum Gasteiger partial charge on any atom is 0.268 e. The number of fused-ring (bicyclic) bond motifs is 1. The lowest BCUT2D eigenvalue weighted by Gasteiger charge is -2.26. The molecule has 1 aliphatic heterocycles. The molecule has 0 aliphatic carbocycles. The zero-order valence-electron chi connectivity index (χ0n) is 17.1. The Kier molecular flexibility index (Phi) is 6.32. The molecule has 2 aromatic carbocycles. The second kappa shape index (κ2) is 9.01. The number of nitrogens with one attached hydrogen (secondary N) is 1. The van der Waals surface area contributed by atoms with Crippen LogP contribution in [0.5, 0.6) is 0 Å². The molecular formula is C21H22N4O5S2. The molecule has 0 saturated carbocycles. The predicted molar refractivity (Wildman–Crippen MR) is 118 cm³/mol. The first-order valence-corrected chi connectivity index (χ1v) is 12.9. The minimum atomic E-state index is -4.09. The van der Waals surface area contributed by atoms with Gasteiger partial charge in [-0.25, -0.2) is 25.5 Å². The summed E-state index contributed by atoms with van der Waals surface area (Å²) in [6.45, 7) is 3.28. The van der Waals surface area contributed by atoms with Crippen LogP contribution in [-0.4, -0.2) is 65.1 Å². The Morgan fingerprint density at radius 1 is 1.00 bits per heavy atom. The van der Waals surface area contributed by atoms with Gasteiger partial charge in [0, 0.05) is 37.8 Å². The summed E-state index contributed by atoms with van der Waals surface area (Å²) in [4.78, 5) is 1.85.